The van der Waals surface area contributed by atoms with Crippen molar-refractivity contribution < 1.29 is 0 Å². The first-order chi connectivity index (χ1) is 14.7. The predicted molar refractivity (Wildman–Crippen MR) is 133 cm³/mol. The zero-order chi connectivity index (χ0) is 22.4. The van der Waals surface area contributed by atoms with Crippen LogP contribution < -0.4 is 0 Å². The normalized spacial score (nSPS) is 18.7. The third-order valence-electron chi connectivity index (χ3n) is 7.07. The summed E-state index contributed by atoms with van der Waals surface area (Å²) >= 11 is 0. The molecule has 0 spiro atoms. The molecule has 31 heavy (non-hydrogen) atoms. The van der Waals surface area contributed by atoms with Crippen LogP contribution in [0.5, 0.6) is 0 Å². The first-order valence-corrected chi connectivity index (χ1v) is 10.9. The Balaban J connectivity index is 1.66. The van der Waals surface area contributed by atoms with Crippen molar-refractivity contribution in [2.24, 2.45) is 9.98 Å². The molecule has 2 N–H and O–H groups in total. The molecule has 160 valence electrons. The van der Waals surface area contributed by atoms with Crippen molar-refractivity contribution >= 4 is 24.6 Å². The zero-order valence-electron chi connectivity index (χ0n) is 19.9. The second kappa shape index (κ2) is 7.84. The molecule has 0 fully saturated rings. The van der Waals surface area contributed by atoms with Gasteiger partial charge in [-0.25, -0.2) is 0 Å². The van der Waals surface area contributed by atoms with E-state index in [1.165, 1.54) is 55.9 Å². The van der Waals surface area contributed by atoms with Gasteiger partial charge in [0.05, 0.1) is 11.4 Å². The molecule has 0 bridgehead atoms. The molecule has 2 aliphatic heterocycles. The van der Waals surface area contributed by atoms with Crippen molar-refractivity contribution in [2.45, 2.75) is 61.8 Å². The summed E-state index contributed by atoms with van der Waals surface area (Å²) in [6.07, 6.45) is 9.08. The van der Waals surface area contributed by atoms with Crippen LogP contribution in [0.4, 0.5) is 0 Å². The Morgan fingerprint density at radius 1 is 0.613 bits per heavy atom. The van der Waals surface area contributed by atoms with Crippen LogP contribution in [0.25, 0.3) is 12.2 Å². The van der Waals surface area contributed by atoms with Gasteiger partial charge in [0.15, 0.2) is 0 Å². The van der Waals surface area contributed by atoms with Gasteiger partial charge in [-0.3, -0.25) is 9.98 Å². The highest BCUT2D eigenvalue weighted by Crippen LogP contribution is 2.30. The summed E-state index contributed by atoms with van der Waals surface area (Å²) in [6.45, 7) is 17.3. The van der Waals surface area contributed by atoms with Crippen LogP contribution in [0.15, 0.2) is 43.7 Å². The lowest BCUT2D eigenvalue weighted by Crippen LogP contribution is -1.94. The smallest absolute Gasteiger partial charge is 0.0682 e. The molecule has 0 aromatic carbocycles. The van der Waals surface area contributed by atoms with Gasteiger partial charge in [-0.1, -0.05) is 0 Å². The number of allylic oxidation sites excluding steroid dienone is 4. The highest BCUT2D eigenvalue weighted by Gasteiger charge is 2.17. The van der Waals surface area contributed by atoms with Gasteiger partial charge in [0.25, 0.3) is 0 Å². The van der Waals surface area contributed by atoms with Gasteiger partial charge >= 0.3 is 0 Å². The Morgan fingerprint density at radius 3 is 1.32 bits per heavy atom. The topological polar surface area (TPSA) is 56.3 Å². The molecule has 2 aromatic rings. The lowest BCUT2D eigenvalue weighted by atomic mass is 10.0. The molecular formula is C27H32N4. The third kappa shape index (κ3) is 3.71. The molecule has 0 radical (unpaired) electrons. The van der Waals surface area contributed by atoms with E-state index < -0.39 is 0 Å². The number of nitrogens with one attached hydrogen (secondary N) is 2. The van der Waals surface area contributed by atoms with E-state index in [0.29, 0.717) is 0 Å². The lowest BCUT2D eigenvalue weighted by Gasteiger charge is -2.01. The Hall–Kier alpha value is -3.14. The van der Waals surface area contributed by atoms with Crippen molar-refractivity contribution in [3.05, 3.63) is 78.7 Å². The molecule has 2 aromatic heterocycles. The highest BCUT2D eigenvalue weighted by molar-refractivity contribution is 5.88. The Morgan fingerprint density at radius 2 is 1.00 bits per heavy atom. The van der Waals surface area contributed by atoms with Crippen LogP contribution in [0.3, 0.4) is 0 Å². The molecule has 0 amide bonds. The largest absolute Gasteiger partial charge is 0.358 e. The van der Waals surface area contributed by atoms with E-state index >= 15 is 0 Å². The molecule has 0 atom stereocenters. The Kier molecular flexibility index (Phi) is 5.34. The number of hydrogen-bond donors (Lipinski definition) is 2. The third-order valence-corrected chi connectivity index (χ3v) is 7.07. The van der Waals surface area contributed by atoms with Gasteiger partial charge in [0, 0.05) is 41.6 Å². The summed E-state index contributed by atoms with van der Waals surface area (Å²) < 4.78 is 0. The van der Waals surface area contributed by atoms with Crippen molar-refractivity contribution in [1.82, 2.24) is 9.97 Å². The summed E-state index contributed by atoms with van der Waals surface area (Å²) in [4.78, 5) is 16.4. The highest BCUT2D eigenvalue weighted by atomic mass is 14.8. The number of hydrogen-bond acceptors (Lipinski definition) is 2. The van der Waals surface area contributed by atoms with Crippen molar-refractivity contribution in [1.29, 1.82) is 0 Å². The molecule has 4 nitrogen and oxygen atoms in total. The fourth-order valence-electron chi connectivity index (χ4n) is 4.06. The number of nitrogens with zero attached hydrogens (tertiary/aromatic N) is 2. The Bertz CT molecular complexity index is 1160. The predicted octanol–water partition coefficient (Wildman–Crippen LogP) is 6.69. The van der Waals surface area contributed by atoms with E-state index in [9.17, 15) is 0 Å². The molecular weight excluding hydrogens is 380 g/mol. The minimum atomic E-state index is 0.847. The monoisotopic (exact) mass is 412 g/mol. The molecule has 4 rings (SSSR count). The summed E-state index contributed by atoms with van der Waals surface area (Å²) in [5.74, 6) is 0. The molecule has 2 aliphatic rings. The fourth-order valence-corrected chi connectivity index (χ4v) is 4.06. The van der Waals surface area contributed by atoms with Crippen LogP contribution in [-0.4, -0.2) is 22.4 Å². The standard InChI is InChI=1S/C27H32N4/c1-14-12-28-22(16(14)3)9-24-18(5)20(7)26(30-24)11-27-21(8)19(6)25(31-27)10-23-17(4)15(2)13-29-23/h9-10,12-13,30-31H,11H2,1-8H3/b22-9-,23-10-. The summed E-state index contributed by atoms with van der Waals surface area (Å²) in [5, 5.41) is 0. The van der Waals surface area contributed by atoms with E-state index in [1.807, 2.05) is 12.4 Å². The molecule has 0 unspecified atom stereocenters. The fraction of sp³-hybridized carbons (Fsp3) is 0.333. The number of aromatic nitrogens is 2. The van der Waals surface area contributed by atoms with Crippen molar-refractivity contribution in [3.63, 3.8) is 0 Å². The van der Waals surface area contributed by atoms with Crippen molar-refractivity contribution in [2.75, 3.05) is 0 Å². The summed E-state index contributed by atoms with van der Waals surface area (Å²) in [7, 11) is 0. The average Bonchev–Trinajstić information content (AvgIpc) is 3.40. The van der Waals surface area contributed by atoms with E-state index in [4.69, 9.17) is 0 Å². The van der Waals surface area contributed by atoms with Crippen LogP contribution in [-0.2, 0) is 6.42 Å². The SMILES string of the molecule is CC1=C(C)/C(=C/c2[nH]c(Cc3[nH]c(/C=C4\N=CC(C)=C4C)c(C)c3C)c(C)c2C)N=C1. The zero-order valence-corrected chi connectivity index (χ0v) is 19.9. The quantitative estimate of drug-likeness (QED) is 0.562. The number of H-pyrrole nitrogens is 2. The second-order valence-electron chi connectivity index (χ2n) is 8.90. The molecule has 4 heteroatoms. The number of rotatable bonds is 4. The van der Waals surface area contributed by atoms with Crippen molar-refractivity contribution in [3.8, 4) is 0 Å². The van der Waals surface area contributed by atoms with Gasteiger partial charge in [0.2, 0.25) is 0 Å². The van der Waals surface area contributed by atoms with Crippen LogP contribution >= 0.6 is 0 Å². The summed E-state index contributed by atoms with van der Waals surface area (Å²) in [6, 6.07) is 0. The first kappa shape index (κ1) is 21.1. The number of aromatic amines is 2. The maximum absolute atomic E-state index is 4.56. The average molecular weight is 413 g/mol. The molecule has 0 saturated carbocycles. The van der Waals surface area contributed by atoms with Crippen LogP contribution in [0.1, 0.15) is 72.7 Å². The van der Waals surface area contributed by atoms with Gasteiger partial charge in [-0.2, -0.15) is 0 Å². The van der Waals surface area contributed by atoms with Gasteiger partial charge < -0.3 is 9.97 Å². The maximum Gasteiger partial charge on any atom is 0.0682 e. The minimum Gasteiger partial charge on any atom is -0.358 e. The molecule has 4 heterocycles. The lowest BCUT2D eigenvalue weighted by molar-refractivity contribution is 1.02. The minimum absolute atomic E-state index is 0.847. The van der Waals surface area contributed by atoms with Gasteiger partial charge in [-0.15, -0.1) is 0 Å². The summed E-state index contributed by atoms with van der Waals surface area (Å²) in [5.41, 5.74) is 17.0. The molecule has 0 aliphatic carbocycles. The van der Waals surface area contributed by atoms with E-state index in [0.717, 1.165) is 29.2 Å². The van der Waals surface area contributed by atoms with E-state index in [2.05, 4.69) is 87.5 Å². The molecule has 0 saturated heterocycles. The second-order valence-corrected chi connectivity index (χ2v) is 8.90. The maximum atomic E-state index is 4.56. The van der Waals surface area contributed by atoms with Gasteiger partial charge in [-0.05, 0) is 112 Å². The Labute approximate surface area is 185 Å². The number of aliphatic imine (C=N–C) groups is 2. The van der Waals surface area contributed by atoms with Crippen LogP contribution in [0.2, 0.25) is 0 Å². The van der Waals surface area contributed by atoms with Gasteiger partial charge in [0.1, 0.15) is 0 Å². The van der Waals surface area contributed by atoms with E-state index in [1.54, 1.807) is 0 Å². The van der Waals surface area contributed by atoms with E-state index in [-0.39, 0.29) is 0 Å². The van der Waals surface area contributed by atoms with Crippen LogP contribution in [0, 0.1) is 27.7 Å². The first-order valence-electron chi connectivity index (χ1n) is 10.9.